The smallest absolute Gasteiger partial charge is 0.460 e. The molecule has 0 unspecified atom stereocenters. The van der Waals surface area contributed by atoms with Gasteiger partial charge in [0.1, 0.15) is 5.82 Å². The van der Waals surface area contributed by atoms with Crippen LogP contribution in [0.25, 0.3) is 38.8 Å². The molecule has 208 valence electrons. The summed E-state index contributed by atoms with van der Waals surface area (Å²) in [5, 5.41) is 2.31. The Kier molecular flexibility index (Phi) is 7.65. The summed E-state index contributed by atoms with van der Waals surface area (Å²) in [6, 6.07) is 34.0. The molecule has 0 saturated carbocycles. The van der Waals surface area contributed by atoms with Crippen molar-refractivity contribution in [3.8, 4) is 28.6 Å². The Morgan fingerprint density at radius 1 is 0.683 bits per heavy atom. The van der Waals surface area contributed by atoms with Crippen molar-refractivity contribution in [2.45, 2.75) is 52.4 Å². The van der Waals surface area contributed by atoms with Crippen LogP contribution in [0.3, 0.4) is 0 Å². The van der Waals surface area contributed by atoms with Crippen LogP contribution in [-0.4, -0.2) is 14.5 Å². The molecule has 4 nitrogen and oxygen atoms in total. The van der Waals surface area contributed by atoms with Crippen LogP contribution >= 0.6 is 0 Å². The first-order valence-electron chi connectivity index (χ1n) is 13.7. The molecule has 0 aliphatic carbocycles. The van der Waals surface area contributed by atoms with Crippen LogP contribution in [0.15, 0.2) is 91.3 Å². The topological polar surface area (TPSA) is 39.9 Å². The first kappa shape index (κ1) is 28.8. The standard InChI is InChI=1S/C36H33N3O.Pt/c1-35(2,3)26-18-19-37-33(22-26)39-31-13-8-7-12-29(31)30-16-14-25(21-32(30)39)24-10-9-11-28(20-24)40-34-17-15-27(23-38-34)36(4,5)6;/h7-19,22-23H,1-6H3;/q-2;+2. The molecule has 0 radical (unpaired) electrons. The number of hydrogen-bond acceptors (Lipinski definition) is 3. The van der Waals surface area contributed by atoms with E-state index >= 15 is 0 Å². The largest absolute Gasteiger partial charge is 2.00 e. The molecule has 3 aromatic carbocycles. The van der Waals surface area contributed by atoms with E-state index in [-0.39, 0.29) is 31.9 Å². The molecule has 0 fully saturated rings. The van der Waals surface area contributed by atoms with Gasteiger partial charge < -0.3 is 9.30 Å². The normalized spacial score (nSPS) is 12.0. The Balaban J connectivity index is 0.00000337. The summed E-state index contributed by atoms with van der Waals surface area (Å²) < 4.78 is 8.30. The van der Waals surface area contributed by atoms with Gasteiger partial charge >= 0.3 is 21.1 Å². The zero-order valence-electron chi connectivity index (χ0n) is 24.2. The van der Waals surface area contributed by atoms with Crippen LogP contribution in [0, 0.1) is 12.1 Å². The van der Waals surface area contributed by atoms with Crippen molar-refractivity contribution in [1.82, 2.24) is 14.5 Å². The molecule has 0 bridgehead atoms. The molecule has 0 atom stereocenters. The van der Waals surface area contributed by atoms with Crippen LogP contribution < -0.4 is 4.74 Å². The molecule has 0 N–H and O–H groups in total. The van der Waals surface area contributed by atoms with Gasteiger partial charge in [0.15, 0.2) is 0 Å². The van der Waals surface area contributed by atoms with E-state index in [2.05, 4.69) is 118 Å². The Morgan fingerprint density at radius 2 is 1.44 bits per heavy atom. The maximum atomic E-state index is 6.09. The fraction of sp³-hybridized carbons (Fsp3) is 0.222. The molecule has 3 aromatic heterocycles. The van der Waals surface area contributed by atoms with Gasteiger partial charge in [0.2, 0.25) is 5.88 Å². The summed E-state index contributed by atoms with van der Waals surface area (Å²) in [6.45, 7) is 13.2. The number of nitrogens with zero attached hydrogens (tertiary/aromatic N) is 3. The second kappa shape index (κ2) is 10.9. The fourth-order valence-corrected chi connectivity index (χ4v) is 4.96. The van der Waals surface area contributed by atoms with E-state index in [0.29, 0.717) is 11.6 Å². The van der Waals surface area contributed by atoms with Gasteiger partial charge in [-0.25, -0.2) is 21.1 Å². The van der Waals surface area contributed by atoms with Gasteiger partial charge in [-0.2, -0.15) is 24.3 Å². The molecule has 0 saturated heterocycles. The molecule has 6 rings (SSSR count). The number of hydrogen-bond donors (Lipinski definition) is 0. The third-order valence-corrected chi connectivity index (χ3v) is 7.30. The van der Waals surface area contributed by atoms with Gasteiger partial charge in [0.05, 0.1) is 0 Å². The van der Waals surface area contributed by atoms with Crippen molar-refractivity contribution in [2.75, 3.05) is 0 Å². The molecular formula is C36H33N3OPt. The van der Waals surface area contributed by atoms with Crippen LogP contribution in [0.1, 0.15) is 52.7 Å². The number of ether oxygens (including phenoxy) is 1. The minimum atomic E-state index is 0. The van der Waals surface area contributed by atoms with Crippen molar-refractivity contribution in [1.29, 1.82) is 0 Å². The van der Waals surface area contributed by atoms with Crippen LogP contribution in [0.2, 0.25) is 0 Å². The minimum Gasteiger partial charge on any atom is -0.460 e. The Bertz CT molecular complexity index is 1840. The quantitative estimate of drug-likeness (QED) is 0.171. The first-order valence-corrected chi connectivity index (χ1v) is 13.7. The van der Waals surface area contributed by atoms with Crippen molar-refractivity contribution >= 4 is 21.8 Å². The van der Waals surface area contributed by atoms with Crippen LogP contribution in [-0.2, 0) is 31.9 Å². The monoisotopic (exact) mass is 718 g/mol. The molecule has 5 heteroatoms. The van der Waals surface area contributed by atoms with Gasteiger partial charge in [0.25, 0.3) is 0 Å². The van der Waals surface area contributed by atoms with E-state index in [9.17, 15) is 0 Å². The number of benzene rings is 3. The molecule has 6 aromatic rings. The SMILES string of the molecule is CC(C)(C)c1ccc(Oc2[c-]c(-c3[c-]c4c(cc3)c3ccccc3n4-c3cc(C(C)(C)C)ccn3)ccc2)nc1.[Pt+2]. The second-order valence-corrected chi connectivity index (χ2v) is 12.3. The summed E-state index contributed by atoms with van der Waals surface area (Å²) in [5.41, 5.74) is 6.39. The summed E-state index contributed by atoms with van der Waals surface area (Å²) in [7, 11) is 0. The van der Waals surface area contributed by atoms with Gasteiger partial charge in [-0.3, -0.25) is 0 Å². The van der Waals surface area contributed by atoms with Gasteiger partial charge in [-0.1, -0.05) is 71.2 Å². The predicted molar refractivity (Wildman–Crippen MR) is 163 cm³/mol. The van der Waals surface area contributed by atoms with Gasteiger partial charge in [-0.05, 0) is 51.1 Å². The fourth-order valence-electron chi connectivity index (χ4n) is 4.96. The van der Waals surface area contributed by atoms with E-state index in [1.165, 1.54) is 16.5 Å². The first-order chi connectivity index (χ1) is 19.1. The number of fused-ring (bicyclic) bond motifs is 3. The van der Waals surface area contributed by atoms with Crippen molar-refractivity contribution in [3.05, 3.63) is 115 Å². The zero-order valence-corrected chi connectivity index (χ0v) is 26.5. The Hall–Kier alpha value is -3.75. The predicted octanol–water partition coefficient (Wildman–Crippen LogP) is 9.23. The average Bonchev–Trinajstić information content (AvgIpc) is 3.26. The van der Waals surface area contributed by atoms with E-state index in [1.807, 2.05) is 36.7 Å². The minimum absolute atomic E-state index is 0. The number of aromatic nitrogens is 3. The van der Waals surface area contributed by atoms with Crippen LogP contribution in [0.4, 0.5) is 0 Å². The number of pyridine rings is 2. The van der Waals surface area contributed by atoms with E-state index in [1.54, 1.807) is 0 Å². The number of para-hydroxylation sites is 1. The van der Waals surface area contributed by atoms with Gasteiger partial charge in [-0.15, -0.1) is 18.2 Å². The summed E-state index contributed by atoms with van der Waals surface area (Å²) in [6.07, 6.45) is 3.78. The summed E-state index contributed by atoms with van der Waals surface area (Å²) in [5.74, 6) is 2.05. The summed E-state index contributed by atoms with van der Waals surface area (Å²) >= 11 is 0. The Morgan fingerprint density at radius 3 is 2.17 bits per heavy atom. The van der Waals surface area contributed by atoms with Crippen molar-refractivity contribution in [3.63, 3.8) is 0 Å². The van der Waals surface area contributed by atoms with Crippen molar-refractivity contribution < 1.29 is 25.8 Å². The molecule has 41 heavy (non-hydrogen) atoms. The van der Waals surface area contributed by atoms with E-state index < -0.39 is 0 Å². The molecule has 0 amide bonds. The Labute approximate surface area is 256 Å². The molecular weight excluding hydrogens is 685 g/mol. The molecule has 3 heterocycles. The third-order valence-electron chi connectivity index (χ3n) is 7.30. The van der Waals surface area contributed by atoms with Gasteiger partial charge in [0, 0.05) is 29.7 Å². The maximum absolute atomic E-state index is 6.09. The van der Waals surface area contributed by atoms with Crippen molar-refractivity contribution in [2.24, 2.45) is 0 Å². The van der Waals surface area contributed by atoms with E-state index in [0.717, 1.165) is 33.4 Å². The number of rotatable bonds is 4. The van der Waals surface area contributed by atoms with E-state index in [4.69, 9.17) is 9.72 Å². The summed E-state index contributed by atoms with van der Waals surface area (Å²) in [4.78, 5) is 9.31. The van der Waals surface area contributed by atoms with Crippen LogP contribution in [0.5, 0.6) is 11.6 Å². The molecule has 0 aliphatic rings. The average molecular weight is 719 g/mol. The third kappa shape index (κ3) is 5.72. The molecule has 0 spiro atoms. The maximum Gasteiger partial charge on any atom is 2.00 e. The zero-order chi connectivity index (χ0) is 28.1. The molecule has 0 aliphatic heterocycles. The second-order valence-electron chi connectivity index (χ2n) is 12.3.